The van der Waals surface area contributed by atoms with Gasteiger partial charge in [-0.1, -0.05) is 31.2 Å². The molecule has 1 aliphatic rings. The molecule has 3 rings (SSSR count). The number of nitrogens with zero attached hydrogens (tertiary/aromatic N) is 2. The third-order valence-electron chi connectivity index (χ3n) is 4.87. The lowest BCUT2D eigenvalue weighted by molar-refractivity contribution is -0.139. The summed E-state index contributed by atoms with van der Waals surface area (Å²) in [6.45, 7) is 3.11. The molecule has 2 aromatic rings. The monoisotopic (exact) mass is 356 g/mol. The molecule has 7 heteroatoms. The fraction of sp³-hybridized carbons (Fsp3) is 0.421. The van der Waals surface area contributed by atoms with Gasteiger partial charge in [-0.15, -0.1) is 0 Å². The van der Waals surface area contributed by atoms with Crippen molar-refractivity contribution < 1.29 is 14.7 Å². The molecule has 1 aromatic heterocycles. The summed E-state index contributed by atoms with van der Waals surface area (Å²) in [6.07, 6.45) is 3.31. The van der Waals surface area contributed by atoms with E-state index < -0.39 is 5.97 Å². The number of benzene rings is 1. The van der Waals surface area contributed by atoms with Crippen molar-refractivity contribution in [1.82, 2.24) is 20.5 Å². The van der Waals surface area contributed by atoms with Gasteiger partial charge in [0, 0.05) is 30.2 Å². The SMILES string of the molecule is CCN(CC(=O)O)C1CC(NC(=O)NCc2cccc3cccnc23)C1. The van der Waals surface area contributed by atoms with Crippen molar-refractivity contribution in [3.63, 3.8) is 0 Å². The maximum atomic E-state index is 12.1. The molecule has 0 radical (unpaired) electrons. The number of hydrogen-bond donors (Lipinski definition) is 3. The molecule has 1 heterocycles. The van der Waals surface area contributed by atoms with Gasteiger partial charge in [0.25, 0.3) is 0 Å². The first-order chi connectivity index (χ1) is 12.6. The van der Waals surface area contributed by atoms with Crippen molar-refractivity contribution in [3.05, 3.63) is 42.1 Å². The summed E-state index contributed by atoms with van der Waals surface area (Å²) in [6, 6.07) is 9.91. The molecule has 7 nitrogen and oxygen atoms in total. The summed E-state index contributed by atoms with van der Waals surface area (Å²) in [5.74, 6) is -0.815. The van der Waals surface area contributed by atoms with Gasteiger partial charge in [0.2, 0.25) is 0 Å². The number of carbonyl (C=O) groups is 2. The fourth-order valence-corrected chi connectivity index (χ4v) is 3.40. The summed E-state index contributed by atoms with van der Waals surface area (Å²) in [7, 11) is 0. The van der Waals surface area contributed by atoms with Crippen LogP contribution in [0.2, 0.25) is 0 Å². The molecule has 138 valence electrons. The number of urea groups is 1. The van der Waals surface area contributed by atoms with Crippen LogP contribution in [0.5, 0.6) is 0 Å². The molecule has 1 fully saturated rings. The first kappa shape index (κ1) is 18.1. The van der Waals surface area contributed by atoms with Gasteiger partial charge >= 0.3 is 12.0 Å². The summed E-state index contributed by atoms with van der Waals surface area (Å²) < 4.78 is 0. The third kappa shape index (κ3) is 4.29. The van der Waals surface area contributed by atoms with Gasteiger partial charge in [-0.25, -0.2) is 4.79 Å². The zero-order valence-corrected chi connectivity index (χ0v) is 14.8. The van der Waals surface area contributed by atoms with E-state index in [-0.39, 0.29) is 24.7 Å². The topological polar surface area (TPSA) is 94.6 Å². The Hall–Kier alpha value is -2.67. The highest BCUT2D eigenvalue weighted by Gasteiger charge is 2.34. The van der Waals surface area contributed by atoms with Gasteiger partial charge in [-0.3, -0.25) is 14.7 Å². The Morgan fingerprint density at radius 3 is 2.77 bits per heavy atom. The Morgan fingerprint density at radius 1 is 1.27 bits per heavy atom. The van der Waals surface area contributed by atoms with E-state index in [1.807, 2.05) is 42.2 Å². The van der Waals surface area contributed by atoms with Gasteiger partial charge in [0.15, 0.2) is 0 Å². The molecule has 0 spiro atoms. The number of carbonyl (C=O) groups excluding carboxylic acids is 1. The second-order valence-electron chi connectivity index (χ2n) is 6.60. The maximum absolute atomic E-state index is 12.1. The highest BCUT2D eigenvalue weighted by atomic mass is 16.4. The average molecular weight is 356 g/mol. The molecule has 26 heavy (non-hydrogen) atoms. The van der Waals surface area contributed by atoms with Crippen molar-refractivity contribution in [2.75, 3.05) is 13.1 Å². The number of likely N-dealkylation sites (N-methyl/N-ethyl adjacent to an activating group) is 1. The largest absolute Gasteiger partial charge is 0.480 e. The van der Waals surface area contributed by atoms with Crippen LogP contribution in [-0.4, -0.2) is 52.2 Å². The van der Waals surface area contributed by atoms with Gasteiger partial charge in [-0.05, 0) is 31.0 Å². The molecule has 0 saturated heterocycles. The van der Waals surface area contributed by atoms with E-state index in [0.717, 1.165) is 29.3 Å². The van der Waals surface area contributed by atoms with Crippen LogP contribution in [0.25, 0.3) is 10.9 Å². The van der Waals surface area contributed by atoms with Gasteiger partial charge in [0.05, 0.1) is 12.1 Å². The molecule has 0 unspecified atom stereocenters. The molecule has 1 aromatic carbocycles. The zero-order valence-electron chi connectivity index (χ0n) is 14.8. The summed E-state index contributed by atoms with van der Waals surface area (Å²) in [4.78, 5) is 29.3. The minimum absolute atomic E-state index is 0.0498. The molecule has 3 N–H and O–H groups in total. The number of carboxylic acid groups (broad SMARTS) is 1. The van der Waals surface area contributed by atoms with Crippen molar-refractivity contribution in [1.29, 1.82) is 0 Å². The predicted octanol–water partition coefficient (Wildman–Crippen LogP) is 1.97. The number of aliphatic carboxylic acids is 1. The lowest BCUT2D eigenvalue weighted by Gasteiger charge is -2.42. The van der Waals surface area contributed by atoms with E-state index >= 15 is 0 Å². The quantitative estimate of drug-likeness (QED) is 0.705. The fourth-order valence-electron chi connectivity index (χ4n) is 3.40. The molecular formula is C19H24N4O3. The van der Waals surface area contributed by atoms with Crippen molar-refractivity contribution in [3.8, 4) is 0 Å². The van der Waals surface area contributed by atoms with Crippen LogP contribution < -0.4 is 10.6 Å². The molecule has 1 saturated carbocycles. The summed E-state index contributed by atoms with van der Waals surface area (Å²) >= 11 is 0. The van der Waals surface area contributed by atoms with Gasteiger partial charge in [-0.2, -0.15) is 0 Å². The smallest absolute Gasteiger partial charge is 0.317 e. The first-order valence-electron chi connectivity index (χ1n) is 8.89. The van der Waals surface area contributed by atoms with E-state index in [1.54, 1.807) is 6.20 Å². The van der Waals surface area contributed by atoms with Crippen LogP contribution in [0.15, 0.2) is 36.5 Å². The number of hydrogen-bond acceptors (Lipinski definition) is 4. The Morgan fingerprint density at radius 2 is 2.04 bits per heavy atom. The number of pyridine rings is 1. The van der Waals surface area contributed by atoms with Crippen LogP contribution in [-0.2, 0) is 11.3 Å². The lowest BCUT2D eigenvalue weighted by Crippen LogP contribution is -2.56. The number of rotatable bonds is 7. The second-order valence-corrected chi connectivity index (χ2v) is 6.60. The number of fused-ring (bicyclic) bond motifs is 1. The van der Waals surface area contributed by atoms with Crippen LogP contribution in [0.1, 0.15) is 25.3 Å². The Labute approximate surface area is 152 Å². The number of carboxylic acids is 1. The van der Waals surface area contributed by atoms with Crippen molar-refractivity contribution >= 4 is 22.9 Å². The Kier molecular flexibility index (Phi) is 5.68. The second kappa shape index (κ2) is 8.14. The number of amides is 2. The normalized spacial score (nSPS) is 19.2. The molecule has 0 bridgehead atoms. The van der Waals surface area contributed by atoms with Crippen LogP contribution in [0.4, 0.5) is 4.79 Å². The van der Waals surface area contributed by atoms with E-state index in [1.165, 1.54) is 0 Å². The van der Waals surface area contributed by atoms with Gasteiger partial charge < -0.3 is 15.7 Å². The van der Waals surface area contributed by atoms with Gasteiger partial charge in [0.1, 0.15) is 0 Å². The summed E-state index contributed by atoms with van der Waals surface area (Å²) in [5, 5.41) is 15.8. The highest BCUT2D eigenvalue weighted by Crippen LogP contribution is 2.25. The van der Waals surface area contributed by atoms with Crippen molar-refractivity contribution in [2.24, 2.45) is 0 Å². The zero-order chi connectivity index (χ0) is 18.5. The van der Waals surface area contributed by atoms with E-state index in [0.29, 0.717) is 13.1 Å². The Bertz CT molecular complexity index is 784. The van der Waals surface area contributed by atoms with Crippen LogP contribution >= 0.6 is 0 Å². The minimum Gasteiger partial charge on any atom is -0.480 e. The lowest BCUT2D eigenvalue weighted by atomic mass is 9.85. The molecule has 0 atom stereocenters. The molecule has 0 aliphatic heterocycles. The molecular weight excluding hydrogens is 332 g/mol. The molecule has 2 amide bonds. The Balaban J connectivity index is 1.46. The first-order valence-corrected chi connectivity index (χ1v) is 8.89. The predicted molar refractivity (Wildman–Crippen MR) is 98.8 cm³/mol. The van der Waals surface area contributed by atoms with E-state index in [9.17, 15) is 9.59 Å². The summed E-state index contributed by atoms with van der Waals surface area (Å²) in [5.41, 5.74) is 1.87. The standard InChI is InChI=1S/C19H24N4O3/c1-2-23(12-17(24)25)16-9-15(10-16)22-19(26)21-11-14-6-3-5-13-7-4-8-20-18(13)14/h3-8,15-16H,2,9-12H2,1H3,(H,24,25)(H2,21,22,26). The highest BCUT2D eigenvalue weighted by molar-refractivity contribution is 5.82. The maximum Gasteiger partial charge on any atom is 0.317 e. The number of aromatic nitrogens is 1. The van der Waals surface area contributed by atoms with E-state index in [4.69, 9.17) is 5.11 Å². The van der Waals surface area contributed by atoms with E-state index in [2.05, 4.69) is 15.6 Å². The molecule has 1 aliphatic carbocycles. The minimum atomic E-state index is -0.815. The average Bonchev–Trinajstić information content (AvgIpc) is 2.60. The third-order valence-corrected chi connectivity index (χ3v) is 4.87. The number of para-hydroxylation sites is 1. The van der Waals surface area contributed by atoms with Crippen LogP contribution in [0.3, 0.4) is 0 Å². The van der Waals surface area contributed by atoms with Crippen LogP contribution in [0, 0.1) is 0 Å². The number of nitrogens with one attached hydrogen (secondary N) is 2. The van der Waals surface area contributed by atoms with Crippen molar-refractivity contribution in [2.45, 2.75) is 38.4 Å².